The largest absolute Gasteiger partial charge is 0.383 e. The highest BCUT2D eigenvalue weighted by Gasteiger charge is 2.32. The van der Waals surface area contributed by atoms with Crippen LogP contribution in [-0.2, 0) is 22.2 Å². The molecule has 1 saturated heterocycles. The number of nitrogens with zero attached hydrogens (tertiary/aromatic N) is 5. The van der Waals surface area contributed by atoms with Crippen LogP contribution in [0.1, 0.15) is 44.1 Å². The van der Waals surface area contributed by atoms with Crippen LogP contribution in [0.5, 0.6) is 0 Å². The quantitative estimate of drug-likeness (QED) is 0.343. The maximum Gasteiger partial charge on any atom is 0.269 e. The summed E-state index contributed by atoms with van der Waals surface area (Å²) in [5.41, 5.74) is 1.94. The van der Waals surface area contributed by atoms with Crippen molar-refractivity contribution in [1.29, 1.82) is 0 Å². The maximum absolute atomic E-state index is 13.4. The van der Waals surface area contributed by atoms with Crippen LogP contribution in [0.25, 0.3) is 22.1 Å². The minimum atomic E-state index is -3.82. The summed E-state index contributed by atoms with van der Waals surface area (Å²) in [5, 5.41) is 11.8. The number of imidazole rings is 1. The molecule has 1 aliphatic heterocycles. The molecule has 6 rings (SSSR count). The van der Waals surface area contributed by atoms with E-state index in [1.807, 2.05) is 6.07 Å². The van der Waals surface area contributed by atoms with Gasteiger partial charge in [0, 0.05) is 37.3 Å². The van der Waals surface area contributed by atoms with E-state index in [2.05, 4.69) is 38.7 Å². The first-order valence-corrected chi connectivity index (χ1v) is 14.4. The van der Waals surface area contributed by atoms with Crippen LogP contribution in [0.2, 0.25) is 0 Å². The minimum absolute atomic E-state index is 0.119. The Labute approximate surface area is 222 Å². The average molecular weight is 530 g/mol. The molecule has 4 heterocycles. The van der Waals surface area contributed by atoms with Crippen LogP contribution < -0.4 is 0 Å². The highest BCUT2D eigenvalue weighted by Crippen LogP contribution is 2.36. The number of aromatic nitrogens is 4. The predicted molar refractivity (Wildman–Crippen MR) is 147 cm³/mol. The first kappa shape index (κ1) is 24.8. The van der Waals surface area contributed by atoms with Crippen LogP contribution in [0.3, 0.4) is 0 Å². The zero-order valence-electron chi connectivity index (χ0n) is 21.5. The number of benzene rings is 2. The molecule has 0 atom stereocenters. The van der Waals surface area contributed by atoms with E-state index in [-0.39, 0.29) is 10.9 Å². The van der Waals surface area contributed by atoms with E-state index in [1.54, 1.807) is 62.6 Å². The Morgan fingerprint density at radius 3 is 2.29 bits per heavy atom. The zero-order valence-corrected chi connectivity index (χ0v) is 22.3. The Bertz CT molecular complexity index is 1700. The number of fused-ring (bicyclic) bond motifs is 3. The van der Waals surface area contributed by atoms with Crippen LogP contribution in [0.4, 0.5) is 0 Å². The van der Waals surface area contributed by atoms with E-state index < -0.39 is 15.6 Å². The summed E-state index contributed by atoms with van der Waals surface area (Å²) < 4.78 is 30.2. The number of pyridine rings is 1. The average Bonchev–Trinajstić information content (AvgIpc) is 3.53. The molecule has 9 heteroatoms. The van der Waals surface area contributed by atoms with Crippen LogP contribution in [0, 0.1) is 0 Å². The second-order valence-electron chi connectivity index (χ2n) is 10.5. The fourth-order valence-corrected chi connectivity index (χ4v) is 6.83. The highest BCUT2D eigenvalue weighted by molar-refractivity contribution is 7.90. The molecule has 1 aliphatic rings. The standard InChI is InChI=1S/C29H31N5O3S/c1-29(2,35)28-31-25-19-30-27-24(15-18-33(27)38(36,37)23-11-7-4-8-12-23)26(25)34(28)22-13-16-32(17-14-22)20-21-9-5-3-6-10-21/h3-12,15,18-19,22,35H,13-14,16-17,20H2,1-2H3. The summed E-state index contributed by atoms with van der Waals surface area (Å²) in [6.45, 7) is 6.23. The molecule has 0 aliphatic carbocycles. The summed E-state index contributed by atoms with van der Waals surface area (Å²) in [4.78, 5) is 12.0. The lowest BCUT2D eigenvalue weighted by Crippen LogP contribution is -2.35. The maximum atomic E-state index is 13.4. The van der Waals surface area contributed by atoms with Gasteiger partial charge in [-0.25, -0.2) is 22.4 Å². The van der Waals surface area contributed by atoms with Gasteiger partial charge in [-0.3, -0.25) is 4.90 Å². The number of hydrogen-bond acceptors (Lipinski definition) is 6. The molecule has 2 aromatic carbocycles. The summed E-state index contributed by atoms with van der Waals surface area (Å²) in [5.74, 6) is 0.571. The monoisotopic (exact) mass is 529 g/mol. The third-order valence-corrected chi connectivity index (χ3v) is 9.03. The zero-order chi connectivity index (χ0) is 26.5. The van der Waals surface area contributed by atoms with E-state index in [0.29, 0.717) is 22.4 Å². The summed E-state index contributed by atoms with van der Waals surface area (Å²) >= 11 is 0. The van der Waals surface area contributed by atoms with Gasteiger partial charge in [-0.1, -0.05) is 48.5 Å². The van der Waals surface area contributed by atoms with Gasteiger partial charge in [0.15, 0.2) is 5.65 Å². The Kier molecular flexibility index (Phi) is 6.09. The molecule has 0 amide bonds. The molecule has 0 spiro atoms. The fraction of sp³-hybridized carbons (Fsp3) is 0.310. The van der Waals surface area contributed by atoms with Gasteiger partial charge < -0.3 is 9.67 Å². The molecule has 5 aromatic rings. The number of likely N-dealkylation sites (tertiary alicyclic amines) is 1. The number of rotatable bonds is 6. The van der Waals surface area contributed by atoms with Gasteiger partial charge in [-0.05, 0) is 50.5 Å². The van der Waals surface area contributed by atoms with Crippen molar-refractivity contribution in [3.63, 3.8) is 0 Å². The highest BCUT2D eigenvalue weighted by atomic mass is 32.2. The van der Waals surface area contributed by atoms with Gasteiger partial charge in [0.05, 0.1) is 16.6 Å². The van der Waals surface area contributed by atoms with Gasteiger partial charge in [0.2, 0.25) is 0 Å². The van der Waals surface area contributed by atoms with Crippen molar-refractivity contribution < 1.29 is 13.5 Å². The fourth-order valence-electron chi connectivity index (χ4n) is 5.51. The molecule has 3 aromatic heterocycles. The number of aliphatic hydroxyl groups is 1. The van der Waals surface area contributed by atoms with Crippen LogP contribution in [-0.4, -0.2) is 50.0 Å². The van der Waals surface area contributed by atoms with E-state index in [9.17, 15) is 13.5 Å². The Morgan fingerprint density at radius 2 is 1.63 bits per heavy atom. The Balaban J connectivity index is 1.42. The molecule has 196 valence electrons. The first-order valence-electron chi connectivity index (χ1n) is 12.9. The first-order chi connectivity index (χ1) is 18.2. The molecular formula is C29H31N5O3S. The lowest BCUT2D eigenvalue weighted by atomic mass is 10.0. The normalized spacial score (nSPS) is 16.0. The molecule has 1 fully saturated rings. The lowest BCUT2D eigenvalue weighted by molar-refractivity contribution is 0.0605. The Morgan fingerprint density at radius 1 is 0.974 bits per heavy atom. The lowest BCUT2D eigenvalue weighted by Gasteiger charge is -2.34. The van der Waals surface area contributed by atoms with Gasteiger partial charge in [-0.2, -0.15) is 0 Å². The third kappa shape index (κ3) is 4.30. The van der Waals surface area contributed by atoms with Crippen molar-refractivity contribution in [2.75, 3.05) is 13.1 Å². The number of piperidine rings is 1. The van der Waals surface area contributed by atoms with Crippen molar-refractivity contribution >= 4 is 32.1 Å². The molecule has 0 unspecified atom stereocenters. The molecule has 0 radical (unpaired) electrons. The van der Waals surface area contributed by atoms with Gasteiger partial charge in [-0.15, -0.1) is 0 Å². The van der Waals surface area contributed by atoms with Crippen molar-refractivity contribution in [3.8, 4) is 0 Å². The van der Waals surface area contributed by atoms with Gasteiger partial charge in [0.25, 0.3) is 10.0 Å². The summed E-state index contributed by atoms with van der Waals surface area (Å²) in [6, 6.07) is 20.8. The van der Waals surface area contributed by atoms with E-state index in [0.717, 1.165) is 38.0 Å². The predicted octanol–water partition coefficient (Wildman–Crippen LogP) is 4.69. The van der Waals surface area contributed by atoms with Crippen molar-refractivity contribution in [3.05, 3.63) is 90.5 Å². The van der Waals surface area contributed by atoms with E-state index in [1.165, 1.54) is 9.54 Å². The van der Waals surface area contributed by atoms with E-state index in [4.69, 9.17) is 4.98 Å². The molecular weight excluding hydrogens is 498 g/mol. The van der Waals surface area contributed by atoms with Crippen LogP contribution >= 0.6 is 0 Å². The topological polar surface area (TPSA) is 93.3 Å². The van der Waals surface area contributed by atoms with Crippen molar-refractivity contribution in [1.82, 2.24) is 23.4 Å². The second kappa shape index (κ2) is 9.34. The number of hydrogen-bond donors (Lipinski definition) is 1. The second-order valence-corrected chi connectivity index (χ2v) is 12.3. The SMILES string of the molecule is CC(C)(O)c1nc2cnc3c(ccn3S(=O)(=O)c3ccccc3)c2n1C1CCN(Cc2ccccc2)CC1. The third-order valence-electron chi connectivity index (χ3n) is 7.35. The van der Waals surface area contributed by atoms with Gasteiger partial charge >= 0.3 is 0 Å². The van der Waals surface area contributed by atoms with Crippen molar-refractivity contribution in [2.45, 2.75) is 49.8 Å². The smallest absolute Gasteiger partial charge is 0.269 e. The molecule has 38 heavy (non-hydrogen) atoms. The summed E-state index contributed by atoms with van der Waals surface area (Å²) in [6.07, 6.45) is 4.97. The molecule has 0 saturated carbocycles. The van der Waals surface area contributed by atoms with E-state index >= 15 is 0 Å². The van der Waals surface area contributed by atoms with Crippen LogP contribution in [0.15, 0.2) is 84.0 Å². The summed E-state index contributed by atoms with van der Waals surface area (Å²) in [7, 11) is -3.82. The Hall–Kier alpha value is -3.53. The molecule has 0 bridgehead atoms. The molecule has 8 nitrogen and oxygen atoms in total. The van der Waals surface area contributed by atoms with Crippen molar-refractivity contribution in [2.24, 2.45) is 0 Å². The molecule has 1 N–H and O–H groups in total. The minimum Gasteiger partial charge on any atom is -0.383 e. The van der Waals surface area contributed by atoms with Gasteiger partial charge in [0.1, 0.15) is 16.9 Å².